The van der Waals surface area contributed by atoms with Crippen molar-refractivity contribution in [2.75, 3.05) is 0 Å². The average Bonchev–Trinajstić information content (AvgIpc) is 2.52. The van der Waals surface area contributed by atoms with Crippen LogP contribution in [0.1, 0.15) is 16.8 Å². The molecule has 1 aromatic heterocycles. The van der Waals surface area contributed by atoms with Gasteiger partial charge in [-0.25, -0.2) is 4.98 Å². The van der Waals surface area contributed by atoms with Gasteiger partial charge in [-0.15, -0.1) is 0 Å². The van der Waals surface area contributed by atoms with E-state index in [4.69, 9.17) is 5.26 Å². The third-order valence-electron chi connectivity index (χ3n) is 3.41. The smallest absolute Gasteiger partial charge is 0.272 e. The van der Waals surface area contributed by atoms with Crippen molar-refractivity contribution in [2.45, 2.75) is 13.5 Å². The van der Waals surface area contributed by atoms with Crippen LogP contribution in [0.4, 0.5) is 0 Å². The van der Waals surface area contributed by atoms with Gasteiger partial charge >= 0.3 is 0 Å². The number of para-hydroxylation sites is 2. The summed E-state index contributed by atoms with van der Waals surface area (Å²) in [7, 11) is 0. The fourth-order valence-corrected chi connectivity index (χ4v) is 2.40. The minimum atomic E-state index is -0.101. The van der Waals surface area contributed by atoms with Crippen molar-refractivity contribution in [3.63, 3.8) is 0 Å². The van der Waals surface area contributed by atoms with Gasteiger partial charge in [-0.05, 0) is 36.8 Å². The number of nitriles is 1. The van der Waals surface area contributed by atoms with Gasteiger partial charge < -0.3 is 4.57 Å². The van der Waals surface area contributed by atoms with E-state index in [2.05, 4.69) is 11.1 Å². The lowest BCUT2D eigenvalue weighted by Gasteiger charge is -2.11. The van der Waals surface area contributed by atoms with Crippen molar-refractivity contribution in [1.29, 1.82) is 5.26 Å². The molecule has 3 aromatic rings. The van der Waals surface area contributed by atoms with Gasteiger partial charge in [0.25, 0.3) is 5.56 Å². The average molecular weight is 275 g/mol. The van der Waals surface area contributed by atoms with Gasteiger partial charge in [0.05, 0.1) is 29.2 Å². The number of rotatable bonds is 2. The molecule has 0 aliphatic heterocycles. The summed E-state index contributed by atoms with van der Waals surface area (Å²) < 4.78 is 1.70. The number of fused-ring (bicyclic) bond motifs is 1. The van der Waals surface area contributed by atoms with Crippen molar-refractivity contribution >= 4 is 11.0 Å². The number of hydrogen-bond acceptors (Lipinski definition) is 3. The van der Waals surface area contributed by atoms with Gasteiger partial charge in [0.15, 0.2) is 0 Å². The first-order chi connectivity index (χ1) is 10.2. The highest BCUT2D eigenvalue weighted by atomic mass is 16.1. The Morgan fingerprint density at radius 2 is 2.00 bits per heavy atom. The van der Waals surface area contributed by atoms with E-state index in [-0.39, 0.29) is 5.56 Å². The lowest BCUT2D eigenvalue weighted by molar-refractivity contribution is 0.776. The van der Waals surface area contributed by atoms with Crippen LogP contribution in [0, 0.1) is 18.3 Å². The van der Waals surface area contributed by atoms with Crippen LogP contribution in [-0.2, 0) is 6.54 Å². The number of nitrogens with zero attached hydrogens (tertiary/aromatic N) is 3. The van der Waals surface area contributed by atoms with Crippen LogP contribution in [-0.4, -0.2) is 9.55 Å². The molecule has 0 unspecified atom stereocenters. The summed E-state index contributed by atoms with van der Waals surface area (Å²) >= 11 is 0. The summed E-state index contributed by atoms with van der Waals surface area (Å²) in [6, 6.07) is 17.0. The fraction of sp³-hybridized carbons (Fsp3) is 0.118. The molecule has 0 atom stereocenters. The zero-order valence-corrected chi connectivity index (χ0v) is 11.6. The second-order valence-electron chi connectivity index (χ2n) is 4.89. The number of benzene rings is 2. The topological polar surface area (TPSA) is 58.7 Å². The molecule has 102 valence electrons. The maximum Gasteiger partial charge on any atom is 0.272 e. The molecular formula is C17H13N3O. The molecule has 0 aliphatic carbocycles. The predicted octanol–water partition coefficient (Wildman–Crippen LogP) is 2.62. The fourth-order valence-electron chi connectivity index (χ4n) is 2.40. The molecule has 0 saturated heterocycles. The summed E-state index contributed by atoms with van der Waals surface area (Å²) in [6.45, 7) is 2.15. The van der Waals surface area contributed by atoms with E-state index in [0.717, 1.165) is 16.6 Å². The molecule has 4 heteroatoms. The predicted molar refractivity (Wildman–Crippen MR) is 81.0 cm³/mol. The van der Waals surface area contributed by atoms with E-state index in [1.807, 2.05) is 36.4 Å². The molecule has 21 heavy (non-hydrogen) atoms. The maximum absolute atomic E-state index is 12.4. The standard InChI is InChI=1S/C17H13N3O/c1-12-17(21)20(16-8-3-2-7-15(16)19-12)11-14-6-4-5-13(9-14)10-18/h2-9H,11H2,1H3. The van der Waals surface area contributed by atoms with Crippen molar-refractivity contribution in [1.82, 2.24) is 9.55 Å². The van der Waals surface area contributed by atoms with Crippen LogP contribution in [0.2, 0.25) is 0 Å². The molecule has 0 amide bonds. The molecule has 0 N–H and O–H groups in total. The van der Waals surface area contributed by atoms with Gasteiger partial charge in [-0.3, -0.25) is 4.79 Å². The molecule has 0 fully saturated rings. The number of hydrogen-bond donors (Lipinski definition) is 0. The van der Waals surface area contributed by atoms with E-state index in [1.54, 1.807) is 23.6 Å². The van der Waals surface area contributed by atoms with E-state index < -0.39 is 0 Å². The molecule has 0 bridgehead atoms. The quantitative estimate of drug-likeness (QED) is 0.722. The van der Waals surface area contributed by atoms with E-state index in [1.165, 1.54) is 0 Å². The lowest BCUT2D eigenvalue weighted by atomic mass is 10.1. The van der Waals surface area contributed by atoms with Gasteiger partial charge in [0, 0.05) is 0 Å². The molecule has 0 aliphatic rings. The Labute approximate surface area is 121 Å². The highest BCUT2D eigenvalue weighted by Crippen LogP contribution is 2.12. The Balaban J connectivity index is 2.18. The summed E-state index contributed by atoms with van der Waals surface area (Å²) in [5.41, 5.74) is 3.49. The van der Waals surface area contributed by atoms with Crippen LogP contribution < -0.4 is 5.56 Å². The third-order valence-corrected chi connectivity index (χ3v) is 3.41. The number of aryl methyl sites for hydroxylation is 1. The van der Waals surface area contributed by atoms with Gasteiger partial charge in [-0.2, -0.15) is 5.26 Å². The molecule has 3 rings (SSSR count). The monoisotopic (exact) mass is 275 g/mol. The van der Waals surface area contributed by atoms with Crippen molar-refractivity contribution in [3.05, 3.63) is 75.7 Å². The molecular weight excluding hydrogens is 262 g/mol. The highest BCUT2D eigenvalue weighted by molar-refractivity contribution is 5.74. The normalized spacial score (nSPS) is 10.5. The number of aromatic nitrogens is 2. The first-order valence-electron chi connectivity index (χ1n) is 6.64. The minimum absolute atomic E-state index is 0.101. The highest BCUT2D eigenvalue weighted by Gasteiger charge is 2.08. The maximum atomic E-state index is 12.4. The Kier molecular flexibility index (Phi) is 3.25. The first-order valence-corrected chi connectivity index (χ1v) is 6.64. The zero-order valence-electron chi connectivity index (χ0n) is 11.6. The summed E-state index contributed by atoms with van der Waals surface area (Å²) in [5, 5.41) is 8.97. The molecule has 4 nitrogen and oxygen atoms in total. The van der Waals surface area contributed by atoms with Gasteiger partial charge in [0.2, 0.25) is 0 Å². The minimum Gasteiger partial charge on any atom is -0.301 e. The SMILES string of the molecule is Cc1nc2ccccc2n(Cc2cccc(C#N)c2)c1=O. The molecule has 2 aromatic carbocycles. The summed E-state index contributed by atoms with van der Waals surface area (Å²) in [6.07, 6.45) is 0. The van der Waals surface area contributed by atoms with E-state index in [0.29, 0.717) is 17.8 Å². The lowest BCUT2D eigenvalue weighted by Crippen LogP contribution is -2.24. The first kappa shape index (κ1) is 13.1. The molecule has 1 heterocycles. The van der Waals surface area contributed by atoms with Crippen molar-refractivity contribution in [3.8, 4) is 6.07 Å². The largest absolute Gasteiger partial charge is 0.301 e. The van der Waals surface area contributed by atoms with E-state index in [9.17, 15) is 4.79 Å². The van der Waals surface area contributed by atoms with Gasteiger partial charge in [-0.1, -0.05) is 24.3 Å². The van der Waals surface area contributed by atoms with Crippen LogP contribution in [0.3, 0.4) is 0 Å². The van der Waals surface area contributed by atoms with Crippen LogP contribution in [0.25, 0.3) is 11.0 Å². The molecule has 0 saturated carbocycles. The molecule has 0 spiro atoms. The van der Waals surface area contributed by atoms with Crippen LogP contribution >= 0.6 is 0 Å². The Hall–Kier alpha value is -2.93. The van der Waals surface area contributed by atoms with Crippen LogP contribution in [0.5, 0.6) is 0 Å². The molecule has 0 radical (unpaired) electrons. The van der Waals surface area contributed by atoms with Crippen molar-refractivity contribution < 1.29 is 0 Å². The Bertz CT molecular complexity index is 919. The Morgan fingerprint density at radius 1 is 1.19 bits per heavy atom. The van der Waals surface area contributed by atoms with Gasteiger partial charge in [0.1, 0.15) is 5.69 Å². The Morgan fingerprint density at radius 3 is 2.81 bits per heavy atom. The van der Waals surface area contributed by atoms with Crippen LogP contribution in [0.15, 0.2) is 53.3 Å². The second-order valence-corrected chi connectivity index (χ2v) is 4.89. The third kappa shape index (κ3) is 2.41. The van der Waals surface area contributed by atoms with Crippen molar-refractivity contribution in [2.24, 2.45) is 0 Å². The summed E-state index contributed by atoms with van der Waals surface area (Å²) in [4.78, 5) is 16.7. The van der Waals surface area contributed by atoms with E-state index >= 15 is 0 Å². The zero-order chi connectivity index (χ0) is 14.8. The second kappa shape index (κ2) is 5.22. The summed E-state index contributed by atoms with van der Waals surface area (Å²) in [5.74, 6) is 0.